The first-order valence-corrected chi connectivity index (χ1v) is 9.72. The summed E-state index contributed by atoms with van der Waals surface area (Å²) in [6, 6.07) is 6.23. The molecule has 1 aromatic heterocycles. The molecule has 0 bridgehead atoms. The number of ketones is 1. The number of hydrogen-bond acceptors (Lipinski definition) is 4. The summed E-state index contributed by atoms with van der Waals surface area (Å²) in [5.41, 5.74) is 3.16. The van der Waals surface area contributed by atoms with Crippen LogP contribution < -0.4 is 10.2 Å². The summed E-state index contributed by atoms with van der Waals surface area (Å²) >= 11 is 12.6. The minimum atomic E-state index is -0.642. The van der Waals surface area contributed by atoms with Gasteiger partial charge in [-0.2, -0.15) is 0 Å². The molecule has 144 valence electrons. The maximum absolute atomic E-state index is 13.2. The molecule has 1 aliphatic carbocycles. The van der Waals surface area contributed by atoms with Crippen molar-refractivity contribution in [3.8, 4) is 0 Å². The van der Waals surface area contributed by atoms with Crippen LogP contribution in [0.4, 0.5) is 11.4 Å². The molecule has 2 aliphatic rings. The number of aromatic nitrogens is 1. The van der Waals surface area contributed by atoms with Crippen LogP contribution in [0.3, 0.4) is 0 Å². The van der Waals surface area contributed by atoms with E-state index in [1.54, 1.807) is 36.7 Å². The Bertz CT molecular complexity index is 1020. The first-order valence-electron chi connectivity index (χ1n) is 8.96. The van der Waals surface area contributed by atoms with E-state index in [-0.39, 0.29) is 11.2 Å². The van der Waals surface area contributed by atoms with Crippen LogP contribution in [0, 0.1) is 5.41 Å². The van der Waals surface area contributed by atoms with Crippen molar-refractivity contribution < 1.29 is 9.59 Å². The van der Waals surface area contributed by atoms with Gasteiger partial charge in [0.15, 0.2) is 5.78 Å². The van der Waals surface area contributed by atoms with E-state index in [0.29, 0.717) is 45.4 Å². The van der Waals surface area contributed by atoms with Gasteiger partial charge in [-0.1, -0.05) is 43.1 Å². The molecule has 0 radical (unpaired) electrons. The molecule has 0 saturated heterocycles. The smallest absolute Gasteiger partial charge is 0.215 e. The molecule has 1 amide bonds. The molecule has 1 atom stereocenters. The Morgan fingerprint density at radius 1 is 1.25 bits per heavy atom. The molecular formula is C21H19Cl2N3O2. The number of nitrogens with zero attached hydrogens (tertiary/aromatic N) is 2. The van der Waals surface area contributed by atoms with Crippen molar-refractivity contribution in [1.29, 1.82) is 0 Å². The number of fused-ring (bicyclic) bond motifs is 1. The van der Waals surface area contributed by atoms with Gasteiger partial charge in [-0.3, -0.25) is 14.6 Å². The Hall–Kier alpha value is -2.37. The van der Waals surface area contributed by atoms with Crippen molar-refractivity contribution in [1.82, 2.24) is 4.98 Å². The first kappa shape index (κ1) is 19.0. The summed E-state index contributed by atoms with van der Waals surface area (Å²) in [7, 11) is 0. The number of amides is 1. The minimum absolute atomic E-state index is 0.00221. The van der Waals surface area contributed by atoms with Crippen LogP contribution in [0.25, 0.3) is 0 Å². The predicted molar refractivity (Wildman–Crippen MR) is 111 cm³/mol. The average Bonchev–Trinajstić information content (AvgIpc) is 2.74. The molecule has 2 aromatic rings. The summed E-state index contributed by atoms with van der Waals surface area (Å²) in [6.07, 6.45) is 5.09. The molecule has 0 fully saturated rings. The van der Waals surface area contributed by atoms with Crippen molar-refractivity contribution >= 4 is 46.8 Å². The summed E-state index contributed by atoms with van der Waals surface area (Å²) in [6.45, 7) is 4.13. The molecule has 1 N–H and O–H groups in total. The zero-order valence-electron chi connectivity index (χ0n) is 15.5. The van der Waals surface area contributed by atoms with Gasteiger partial charge >= 0.3 is 0 Å². The number of pyridine rings is 1. The van der Waals surface area contributed by atoms with Crippen molar-refractivity contribution in [3.63, 3.8) is 0 Å². The van der Waals surface area contributed by atoms with Gasteiger partial charge in [0, 0.05) is 33.9 Å². The maximum Gasteiger partial charge on any atom is 0.215 e. The number of anilines is 2. The number of halogens is 2. The zero-order chi connectivity index (χ0) is 20.1. The van der Waals surface area contributed by atoms with Gasteiger partial charge in [0.1, 0.15) is 0 Å². The summed E-state index contributed by atoms with van der Waals surface area (Å²) in [5, 5.41) is 4.27. The topological polar surface area (TPSA) is 62.3 Å². The maximum atomic E-state index is 13.2. The van der Waals surface area contributed by atoms with Crippen LogP contribution in [0.5, 0.6) is 0 Å². The second kappa shape index (κ2) is 6.90. The van der Waals surface area contributed by atoms with Crippen molar-refractivity contribution in [2.75, 3.05) is 10.2 Å². The lowest BCUT2D eigenvalue weighted by atomic mass is 9.73. The molecule has 1 aromatic carbocycles. The van der Waals surface area contributed by atoms with Crippen LogP contribution in [0.15, 0.2) is 47.9 Å². The standard InChI is InChI=1S/C21H19Cl2N3O2/c1-21(2)8-15-19(18(28)9-21)20(13-4-3-12(22)7-14(13)23)26(11-27)17-5-6-24-10-16(17)25-15/h3-7,10-11,20,25H,8-9H2,1-2H3. The average molecular weight is 416 g/mol. The van der Waals surface area contributed by atoms with Gasteiger partial charge in [0.25, 0.3) is 0 Å². The lowest BCUT2D eigenvalue weighted by Gasteiger charge is -2.36. The van der Waals surface area contributed by atoms with Crippen LogP contribution in [0.1, 0.15) is 38.3 Å². The number of rotatable bonds is 2. The molecule has 1 aliphatic heterocycles. The number of carbonyl (C=O) groups is 2. The van der Waals surface area contributed by atoms with Gasteiger partial charge in [0.2, 0.25) is 6.41 Å². The van der Waals surface area contributed by atoms with Gasteiger partial charge < -0.3 is 10.2 Å². The third-order valence-corrected chi connectivity index (χ3v) is 5.77. The fourth-order valence-electron chi connectivity index (χ4n) is 4.06. The highest BCUT2D eigenvalue weighted by molar-refractivity contribution is 6.35. The monoisotopic (exact) mass is 415 g/mol. The van der Waals surface area contributed by atoms with Crippen molar-refractivity contribution in [3.05, 3.63) is 63.5 Å². The third kappa shape index (κ3) is 3.19. The van der Waals surface area contributed by atoms with E-state index in [4.69, 9.17) is 23.2 Å². The number of Topliss-reactive ketones (excluding diaryl/α,β-unsaturated/α-hetero) is 1. The van der Waals surface area contributed by atoms with E-state index in [1.807, 2.05) is 0 Å². The van der Waals surface area contributed by atoms with E-state index in [0.717, 1.165) is 12.1 Å². The lowest BCUT2D eigenvalue weighted by molar-refractivity contribution is -0.118. The SMILES string of the molecule is CC1(C)CC(=O)C2=C(C1)Nc1cnccc1N(C=O)C2c1ccc(Cl)cc1Cl. The Morgan fingerprint density at radius 3 is 2.75 bits per heavy atom. The highest BCUT2D eigenvalue weighted by atomic mass is 35.5. The van der Waals surface area contributed by atoms with Gasteiger partial charge in [-0.25, -0.2) is 0 Å². The fourth-order valence-corrected chi connectivity index (χ4v) is 4.57. The molecule has 4 rings (SSSR count). The minimum Gasteiger partial charge on any atom is -0.356 e. The van der Waals surface area contributed by atoms with Crippen LogP contribution in [-0.2, 0) is 9.59 Å². The predicted octanol–water partition coefficient (Wildman–Crippen LogP) is 5.16. The second-order valence-corrected chi connectivity index (χ2v) is 8.78. The molecule has 5 nitrogen and oxygen atoms in total. The van der Waals surface area contributed by atoms with Gasteiger partial charge in [0.05, 0.1) is 23.6 Å². The fraction of sp³-hybridized carbons (Fsp3) is 0.286. The molecule has 0 saturated carbocycles. The molecular weight excluding hydrogens is 397 g/mol. The largest absolute Gasteiger partial charge is 0.356 e. The van der Waals surface area contributed by atoms with Crippen LogP contribution >= 0.6 is 23.2 Å². The highest BCUT2D eigenvalue weighted by Crippen LogP contribution is 2.48. The first-order chi connectivity index (χ1) is 13.3. The Labute approximate surface area is 173 Å². The lowest BCUT2D eigenvalue weighted by Crippen LogP contribution is -2.35. The third-order valence-electron chi connectivity index (χ3n) is 5.20. The molecule has 1 unspecified atom stereocenters. The Balaban J connectivity index is 2.01. The van der Waals surface area contributed by atoms with E-state index in [2.05, 4.69) is 24.1 Å². The number of carbonyl (C=O) groups excluding carboxylic acids is 2. The summed E-state index contributed by atoms with van der Waals surface area (Å²) in [4.78, 5) is 31.2. The molecule has 28 heavy (non-hydrogen) atoms. The molecule has 2 heterocycles. The van der Waals surface area contributed by atoms with Crippen molar-refractivity contribution in [2.24, 2.45) is 5.41 Å². The van der Waals surface area contributed by atoms with Crippen molar-refractivity contribution in [2.45, 2.75) is 32.7 Å². The zero-order valence-corrected chi connectivity index (χ0v) is 17.0. The highest BCUT2D eigenvalue weighted by Gasteiger charge is 2.42. The summed E-state index contributed by atoms with van der Waals surface area (Å²) < 4.78 is 0. The second-order valence-electron chi connectivity index (χ2n) is 7.93. The normalized spacial score (nSPS) is 20.8. The van der Waals surface area contributed by atoms with Gasteiger partial charge in [-0.05, 0) is 35.6 Å². The van der Waals surface area contributed by atoms with E-state index < -0.39 is 6.04 Å². The number of allylic oxidation sites excluding steroid dienone is 1. The van der Waals surface area contributed by atoms with E-state index >= 15 is 0 Å². The Morgan fingerprint density at radius 2 is 2.04 bits per heavy atom. The quantitative estimate of drug-likeness (QED) is 0.687. The molecule has 0 spiro atoms. The number of hydrogen-bond donors (Lipinski definition) is 1. The number of nitrogens with one attached hydrogen (secondary N) is 1. The van der Waals surface area contributed by atoms with E-state index in [1.165, 1.54) is 4.90 Å². The van der Waals surface area contributed by atoms with Crippen LogP contribution in [-0.4, -0.2) is 17.2 Å². The number of benzene rings is 1. The van der Waals surface area contributed by atoms with Gasteiger partial charge in [-0.15, -0.1) is 0 Å². The van der Waals surface area contributed by atoms with Crippen LogP contribution in [0.2, 0.25) is 10.0 Å². The summed E-state index contributed by atoms with van der Waals surface area (Å²) in [5.74, 6) is 0.00221. The Kier molecular flexibility index (Phi) is 4.68. The molecule has 7 heteroatoms. The van der Waals surface area contributed by atoms with E-state index in [9.17, 15) is 9.59 Å².